The molecule has 1 atom stereocenters. The highest BCUT2D eigenvalue weighted by Crippen LogP contribution is 2.36. The van der Waals surface area contributed by atoms with E-state index in [1.165, 1.54) is 16.9 Å². The van der Waals surface area contributed by atoms with Crippen molar-refractivity contribution < 1.29 is 13.9 Å². The van der Waals surface area contributed by atoms with Crippen molar-refractivity contribution >= 4 is 50.9 Å². The lowest BCUT2D eigenvalue weighted by atomic mass is 9.91. The van der Waals surface area contributed by atoms with Crippen LogP contribution in [-0.2, 0) is 9.53 Å². The van der Waals surface area contributed by atoms with E-state index in [2.05, 4.69) is 29.8 Å². The average molecular weight is 621 g/mol. The number of fused-ring (bicyclic) bond motifs is 1. The van der Waals surface area contributed by atoms with E-state index < -0.39 is 12.0 Å². The summed E-state index contributed by atoms with van der Waals surface area (Å²) >= 11 is 4.79. The zero-order valence-corrected chi connectivity index (χ0v) is 25.4. The number of aromatic nitrogens is 1. The van der Waals surface area contributed by atoms with Crippen molar-refractivity contribution in [2.45, 2.75) is 32.7 Å². The highest BCUT2D eigenvalue weighted by atomic mass is 79.9. The van der Waals surface area contributed by atoms with Gasteiger partial charge < -0.3 is 14.1 Å². The van der Waals surface area contributed by atoms with E-state index in [1.807, 2.05) is 79.7 Å². The third-order valence-electron chi connectivity index (χ3n) is 6.66. The van der Waals surface area contributed by atoms with Gasteiger partial charge in [0.05, 0.1) is 32.9 Å². The molecule has 0 unspecified atom stereocenters. The largest absolute Gasteiger partial charge is 0.463 e. The van der Waals surface area contributed by atoms with Gasteiger partial charge in [-0.2, -0.15) is 0 Å². The maximum Gasteiger partial charge on any atom is 0.338 e. The molecule has 40 heavy (non-hydrogen) atoms. The van der Waals surface area contributed by atoms with Crippen LogP contribution in [0.4, 0.5) is 5.88 Å². The van der Waals surface area contributed by atoms with Crippen LogP contribution in [0.1, 0.15) is 55.2 Å². The summed E-state index contributed by atoms with van der Waals surface area (Å²) in [5.74, 6) is 1.03. The minimum atomic E-state index is -0.713. The van der Waals surface area contributed by atoms with Crippen molar-refractivity contribution in [1.29, 1.82) is 0 Å². The van der Waals surface area contributed by atoms with Gasteiger partial charge in [0.15, 0.2) is 4.80 Å². The van der Waals surface area contributed by atoms with Crippen molar-refractivity contribution in [1.82, 2.24) is 4.57 Å². The first-order chi connectivity index (χ1) is 19.2. The molecule has 0 aliphatic carbocycles. The van der Waals surface area contributed by atoms with E-state index in [-0.39, 0.29) is 12.2 Å². The molecule has 0 spiro atoms. The molecule has 2 aromatic heterocycles. The number of carbonyl (C=O) groups excluding carboxylic acids is 1. The molecule has 5 rings (SSSR count). The second-order valence-electron chi connectivity index (χ2n) is 9.95. The van der Waals surface area contributed by atoms with Gasteiger partial charge in [0.25, 0.3) is 5.56 Å². The molecule has 0 amide bonds. The SMILES string of the molecule is CCOC(=O)C1=C(c2ccccc2)N=c2s/c(=C/c3cc(Br)c(N(C)C)o3)c(=O)n2[C@H]1c1ccc(C(C)C)cc1. The number of nitrogens with zero attached hydrogens (tertiary/aromatic N) is 3. The molecule has 1 aliphatic heterocycles. The standard InChI is InChI=1S/C31H30BrN3O4S/c1-6-38-30(37)25-26(20-10-8-7-9-11-20)33-31-35(27(25)21-14-12-19(13-15-21)18(2)3)28(36)24(40-31)17-22-16-23(32)29(39-22)34(4)5/h7-18,27H,6H2,1-5H3/b24-17+/t27-/m0/s1. The summed E-state index contributed by atoms with van der Waals surface area (Å²) in [5.41, 5.74) is 3.33. The number of halogens is 1. The molecule has 1 aliphatic rings. The number of hydrogen-bond donors (Lipinski definition) is 0. The average Bonchev–Trinajstić information content (AvgIpc) is 3.47. The summed E-state index contributed by atoms with van der Waals surface area (Å²) in [5, 5.41) is 0. The number of carbonyl (C=O) groups is 1. The second kappa shape index (κ2) is 11.4. The van der Waals surface area contributed by atoms with Gasteiger partial charge in [-0.1, -0.05) is 79.8 Å². The van der Waals surface area contributed by atoms with Gasteiger partial charge in [-0.3, -0.25) is 9.36 Å². The summed E-state index contributed by atoms with van der Waals surface area (Å²) in [6.45, 7) is 6.23. The number of hydrogen-bond acceptors (Lipinski definition) is 7. The van der Waals surface area contributed by atoms with Gasteiger partial charge in [-0.05, 0) is 39.9 Å². The fourth-order valence-electron chi connectivity index (χ4n) is 4.70. The Morgan fingerprint density at radius 3 is 2.48 bits per heavy atom. The fraction of sp³-hybridized carbons (Fsp3) is 0.258. The van der Waals surface area contributed by atoms with Crippen molar-refractivity contribution in [3.05, 3.63) is 113 Å². The summed E-state index contributed by atoms with van der Waals surface area (Å²) in [6, 6.07) is 18.7. The zero-order valence-electron chi connectivity index (χ0n) is 23.0. The van der Waals surface area contributed by atoms with Crippen molar-refractivity contribution in [2.75, 3.05) is 25.6 Å². The normalized spacial score (nSPS) is 15.3. The molecule has 4 aromatic rings. The topological polar surface area (TPSA) is 77.0 Å². The molecular formula is C31H30BrN3O4S. The third kappa shape index (κ3) is 5.23. The Balaban J connectivity index is 1.79. The van der Waals surface area contributed by atoms with E-state index in [1.54, 1.807) is 17.6 Å². The highest BCUT2D eigenvalue weighted by Gasteiger charge is 2.35. The Morgan fingerprint density at radius 2 is 1.88 bits per heavy atom. The number of thiazole rings is 1. The highest BCUT2D eigenvalue weighted by molar-refractivity contribution is 9.10. The van der Waals surface area contributed by atoms with Crippen LogP contribution < -0.4 is 19.8 Å². The molecular weight excluding hydrogens is 590 g/mol. The molecule has 0 saturated carbocycles. The van der Waals surface area contributed by atoms with Crippen LogP contribution in [0.15, 0.2) is 84.9 Å². The van der Waals surface area contributed by atoms with Crippen LogP contribution >= 0.6 is 27.3 Å². The van der Waals surface area contributed by atoms with E-state index in [0.717, 1.165) is 15.6 Å². The van der Waals surface area contributed by atoms with Crippen molar-refractivity contribution in [3.63, 3.8) is 0 Å². The van der Waals surface area contributed by atoms with E-state index in [0.29, 0.717) is 38.2 Å². The third-order valence-corrected chi connectivity index (χ3v) is 8.21. The Morgan fingerprint density at radius 1 is 1.18 bits per heavy atom. The number of anilines is 1. The Labute approximate surface area is 244 Å². The van der Waals surface area contributed by atoms with Gasteiger partial charge in [0, 0.05) is 31.8 Å². The van der Waals surface area contributed by atoms with Gasteiger partial charge >= 0.3 is 5.97 Å². The smallest absolute Gasteiger partial charge is 0.338 e. The Kier molecular flexibility index (Phi) is 7.96. The van der Waals surface area contributed by atoms with Gasteiger partial charge in [-0.25, -0.2) is 9.79 Å². The summed E-state index contributed by atoms with van der Waals surface area (Å²) in [6.07, 6.45) is 1.72. The lowest BCUT2D eigenvalue weighted by Crippen LogP contribution is -2.40. The number of benzene rings is 2. The molecule has 0 fully saturated rings. The molecule has 3 heterocycles. The van der Waals surface area contributed by atoms with Crippen molar-refractivity contribution in [2.24, 2.45) is 4.99 Å². The number of furan rings is 1. The molecule has 206 valence electrons. The minimum Gasteiger partial charge on any atom is -0.463 e. The first-order valence-electron chi connectivity index (χ1n) is 13.0. The first kappa shape index (κ1) is 27.9. The van der Waals surface area contributed by atoms with Crippen molar-refractivity contribution in [3.8, 4) is 0 Å². The molecule has 0 saturated heterocycles. The number of rotatable bonds is 7. The summed E-state index contributed by atoms with van der Waals surface area (Å²) in [4.78, 5) is 34.8. The Hall–Kier alpha value is -3.69. The second-order valence-corrected chi connectivity index (χ2v) is 11.8. The first-order valence-corrected chi connectivity index (χ1v) is 14.7. The molecule has 0 N–H and O–H groups in total. The van der Waals surface area contributed by atoms with Crippen LogP contribution in [0.3, 0.4) is 0 Å². The summed E-state index contributed by atoms with van der Waals surface area (Å²) < 4.78 is 14.3. The predicted molar refractivity (Wildman–Crippen MR) is 162 cm³/mol. The zero-order chi connectivity index (χ0) is 28.6. The molecule has 9 heteroatoms. The van der Waals surface area contributed by atoms with Crippen LogP contribution in [0.25, 0.3) is 11.8 Å². The van der Waals surface area contributed by atoms with Crippen LogP contribution in [0.5, 0.6) is 0 Å². The number of esters is 1. The van der Waals surface area contributed by atoms with Crippen LogP contribution in [0, 0.1) is 0 Å². The lowest BCUT2D eigenvalue weighted by molar-refractivity contribution is -0.138. The monoisotopic (exact) mass is 619 g/mol. The lowest BCUT2D eigenvalue weighted by Gasteiger charge is -2.26. The summed E-state index contributed by atoms with van der Waals surface area (Å²) in [7, 11) is 3.77. The van der Waals surface area contributed by atoms with E-state index in [9.17, 15) is 9.59 Å². The molecule has 0 radical (unpaired) electrons. The maximum absolute atomic E-state index is 14.0. The van der Waals surface area contributed by atoms with E-state index in [4.69, 9.17) is 14.1 Å². The maximum atomic E-state index is 14.0. The number of ether oxygens (including phenoxy) is 1. The van der Waals surface area contributed by atoms with Gasteiger partial charge in [-0.15, -0.1) is 0 Å². The predicted octanol–water partition coefficient (Wildman–Crippen LogP) is 5.48. The van der Waals surface area contributed by atoms with Crippen LogP contribution in [-0.4, -0.2) is 31.2 Å². The molecule has 2 aromatic carbocycles. The van der Waals surface area contributed by atoms with E-state index >= 15 is 0 Å². The Bertz CT molecular complexity index is 1760. The molecule has 0 bridgehead atoms. The minimum absolute atomic E-state index is 0.204. The fourth-order valence-corrected chi connectivity index (χ4v) is 6.34. The van der Waals surface area contributed by atoms with Crippen LogP contribution in [0.2, 0.25) is 0 Å². The van der Waals surface area contributed by atoms with Gasteiger partial charge in [0.1, 0.15) is 5.76 Å². The van der Waals surface area contributed by atoms with Gasteiger partial charge in [0.2, 0.25) is 5.88 Å². The molecule has 7 nitrogen and oxygen atoms in total. The quantitative estimate of drug-likeness (QED) is 0.256.